The maximum absolute atomic E-state index is 13.0. The molecule has 6 amide bonds. The Morgan fingerprint density at radius 2 is 1.52 bits per heavy atom. The average Bonchev–Trinajstić information content (AvgIpc) is 3.32. The number of hydrogen-bond donors (Lipinski definition) is 3. The van der Waals surface area contributed by atoms with Crippen molar-refractivity contribution in [2.75, 3.05) is 6.54 Å². The summed E-state index contributed by atoms with van der Waals surface area (Å²) in [4.78, 5) is 74.5. The van der Waals surface area contributed by atoms with Gasteiger partial charge < -0.3 is 10.6 Å². The van der Waals surface area contributed by atoms with Gasteiger partial charge in [-0.1, -0.05) is 66.7 Å². The zero-order chi connectivity index (χ0) is 32.6. The highest BCUT2D eigenvalue weighted by Gasteiger charge is 2.38. The molecular weight excluding hydrogens is 584 g/mol. The van der Waals surface area contributed by atoms with Crippen molar-refractivity contribution in [3.05, 3.63) is 118 Å². The number of carbonyl (C=O) groups excluding carboxylic acids is 6. The molecule has 10 nitrogen and oxygen atoms in total. The zero-order valence-corrected chi connectivity index (χ0v) is 25.4. The highest BCUT2D eigenvalue weighted by molar-refractivity contribution is 6.22. The van der Waals surface area contributed by atoms with Gasteiger partial charge in [0, 0.05) is 31.1 Å². The van der Waals surface area contributed by atoms with Crippen LogP contribution in [0.1, 0.15) is 67.5 Å². The molecule has 1 heterocycles. The van der Waals surface area contributed by atoms with Crippen molar-refractivity contribution in [2.24, 2.45) is 0 Å². The fourth-order valence-electron chi connectivity index (χ4n) is 5.54. The largest absolute Gasteiger partial charge is 0.355 e. The smallest absolute Gasteiger partial charge is 0.261 e. The highest BCUT2D eigenvalue weighted by atomic mass is 16.2. The van der Waals surface area contributed by atoms with Crippen LogP contribution in [0.25, 0.3) is 10.8 Å². The van der Waals surface area contributed by atoms with E-state index < -0.39 is 29.7 Å². The van der Waals surface area contributed by atoms with E-state index in [1.165, 1.54) is 18.2 Å². The van der Waals surface area contributed by atoms with Gasteiger partial charge in [-0.05, 0) is 65.4 Å². The van der Waals surface area contributed by atoms with Gasteiger partial charge in [0.1, 0.15) is 0 Å². The Balaban J connectivity index is 1.09. The van der Waals surface area contributed by atoms with Crippen LogP contribution in [0.5, 0.6) is 0 Å². The monoisotopic (exact) mass is 618 g/mol. The van der Waals surface area contributed by atoms with Crippen LogP contribution < -0.4 is 16.0 Å². The Morgan fingerprint density at radius 3 is 2.30 bits per heavy atom. The Morgan fingerprint density at radius 1 is 0.804 bits per heavy atom. The van der Waals surface area contributed by atoms with Crippen LogP contribution in [0.4, 0.5) is 0 Å². The molecule has 234 valence electrons. The molecule has 0 aliphatic carbocycles. The molecule has 0 saturated heterocycles. The number of nitrogens with one attached hydrogen (secondary N) is 3. The number of amides is 6. The Bertz CT molecular complexity index is 1810. The molecule has 0 saturated carbocycles. The molecule has 4 aromatic rings. The summed E-state index contributed by atoms with van der Waals surface area (Å²) in [7, 11) is 0. The van der Waals surface area contributed by atoms with Crippen molar-refractivity contribution in [3.63, 3.8) is 0 Å². The Kier molecular flexibility index (Phi) is 9.97. The summed E-state index contributed by atoms with van der Waals surface area (Å²) in [6, 6.07) is 25.5. The topological polar surface area (TPSA) is 142 Å². The molecule has 1 aliphatic heterocycles. The number of hydrogen-bond acceptors (Lipinski definition) is 6. The van der Waals surface area contributed by atoms with Crippen molar-refractivity contribution in [2.45, 2.75) is 45.2 Å². The Labute approximate surface area is 266 Å². The summed E-state index contributed by atoms with van der Waals surface area (Å²) in [5.74, 6) is -1.93. The van der Waals surface area contributed by atoms with Gasteiger partial charge in [0.2, 0.25) is 18.2 Å². The summed E-state index contributed by atoms with van der Waals surface area (Å²) in [6.45, 7) is 2.42. The zero-order valence-electron chi connectivity index (χ0n) is 25.4. The van der Waals surface area contributed by atoms with Gasteiger partial charge in [-0.2, -0.15) is 0 Å². The first-order valence-corrected chi connectivity index (χ1v) is 15.1. The molecule has 4 aromatic carbocycles. The predicted molar refractivity (Wildman–Crippen MR) is 172 cm³/mol. The molecule has 46 heavy (non-hydrogen) atoms. The fraction of sp³-hybridized carbons (Fsp3) is 0.222. The number of carbonyl (C=O) groups is 6. The third-order valence-corrected chi connectivity index (χ3v) is 8.07. The SMILES string of the molecule is CC(CCC(=O)NC=O)N1C(=O)c2ccc(C(=O)NCc3ccc(CCNC(=O)Cc4cccc5ccccc45)cc3)cc2C1=O. The standard InChI is InChI=1S/C36H34N4O6/c1-23(9-16-32(42)39-22-41)40-35(45)30-15-14-28(19-31(30)36(40)46)34(44)38-21-25-12-10-24(11-13-25)17-18-37-33(43)20-27-7-4-6-26-5-2-3-8-29(26)27/h2-8,10-15,19,22-23H,9,16-18,20-21H2,1H3,(H,37,43)(H,38,44)(H,39,41,42). The van der Waals surface area contributed by atoms with E-state index in [0.717, 1.165) is 32.4 Å². The summed E-state index contributed by atoms with van der Waals surface area (Å²) in [5.41, 5.74) is 3.50. The molecule has 10 heteroatoms. The van der Waals surface area contributed by atoms with E-state index in [-0.39, 0.29) is 48.4 Å². The predicted octanol–water partition coefficient (Wildman–Crippen LogP) is 3.71. The molecule has 1 atom stereocenters. The van der Waals surface area contributed by atoms with Gasteiger partial charge in [0.05, 0.1) is 17.5 Å². The second-order valence-electron chi connectivity index (χ2n) is 11.2. The lowest BCUT2D eigenvalue weighted by atomic mass is 10.0. The number of imide groups is 2. The van der Waals surface area contributed by atoms with Crippen LogP contribution in [0, 0.1) is 0 Å². The van der Waals surface area contributed by atoms with Crippen LogP contribution in [0.3, 0.4) is 0 Å². The minimum atomic E-state index is -0.573. The molecule has 0 bridgehead atoms. The third kappa shape index (κ3) is 7.35. The summed E-state index contributed by atoms with van der Waals surface area (Å²) < 4.78 is 0. The molecule has 0 radical (unpaired) electrons. The lowest BCUT2D eigenvalue weighted by Crippen LogP contribution is -2.38. The van der Waals surface area contributed by atoms with E-state index in [9.17, 15) is 28.8 Å². The van der Waals surface area contributed by atoms with E-state index in [4.69, 9.17) is 0 Å². The first-order valence-electron chi connectivity index (χ1n) is 15.1. The molecular formula is C36H34N4O6. The van der Waals surface area contributed by atoms with E-state index in [2.05, 4.69) is 10.6 Å². The maximum atomic E-state index is 13.0. The van der Waals surface area contributed by atoms with Gasteiger partial charge in [-0.25, -0.2) is 0 Å². The summed E-state index contributed by atoms with van der Waals surface area (Å²) in [6.07, 6.45) is 1.44. The first-order chi connectivity index (χ1) is 22.2. The van der Waals surface area contributed by atoms with Crippen molar-refractivity contribution in [3.8, 4) is 0 Å². The van der Waals surface area contributed by atoms with Crippen molar-refractivity contribution >= 4 is 46.7 Å². The minimum absolute atomic E-state index is 0.0227. The van der Waals surface area contributed by atoms with E-state index >= 15 is 0 Å². The lowest BCUT2D eigenvalue weighted by Gasteiger charge is -2.22. The fourth-order valence-corrected chi connectivity index (χ4v) is 5.54. The number of nitrogens with zero attached hydrogens (tertiary/aromatic N) is 1. The molecule has 0 aromatic heterocycles. The van der Waals surface area contributed by atoms with E-state index in [1.807, 2.05) is 72.0 Å². The van der Waals surface area contributed by atoms with E-state index in [1.54, 1.807) is 6.92 Å². The number of rotatable bonds is 13. The second kappa shape index (κ2) is 14.4. The van der Waals surface area contributed by atoms with Crippen LogP contribution in [0.15, 0.2) is 84.9 Å². The molecule has 0 fully saturated rings. The normalized spacial score (nSPS) is 12.8. The van der Waals surface area contributed by atoms with Crippen molar-refractivity contribution in [1.29, 1.82) is 0 Å². The van der Waals surface area contributed by atoms with Gasteiger partial charge >= 0.3 is 0 Å². The van der Waals surface area contributed by atoms with Gasteiger partial charge in [0.15, 0.2) is 0 Å². The number of benzene rings is 4. The molecule has 0 spiro atoms. The second-order valence-corrected chi connectivity index (χ2v) is 11.2. The quantitative estimate of drug-likeness (QED) is 0.154. The molecule has 1 aliphatic rings. The summed E-state index contributed by atoms with van der Waals surface area (Å²) >= 11 is 0. The van der Waals surface area contributed by atoms with Gasteiger partial charge in [-0.15, -0.1) is 0 Å². The third-order valence-electron chi connectivity index (χ3n) is 8.07. The Hall–Kier alpha value is -5.64. The van der Waals surface area contributed by atoms with Crippen LogP contribution in [0.2, 0.25) is 0 Å². The average molecular weight is 619 g/mol. The van der Waals surface area contributed by atoms with Crippen molar-refractivity contribution in [1.82, 2.24) is 20.9 Å². The van der Waals surface area contributed by atoms with Crippen LogP contribution in [-0.2, 0) is 33.8 Å². The maximum Gasteiger partial charge on any atom is 0.261 e. The highest BCUT2D eigenvalue weighted by Crippen LogP contribution is 2.27. The summed E-state index contributed by atoms with van der Waals surface area (Å²) in [5, 5.41) is 10.1. The van der Waals surface area contributed by atoms with E-state index in [0.29, 0.717) is 19.4 Å². The molecule has 3 N–H and O–H groups in total. The lowest BCUT2D eigenvalue weighted by molar-refractivity contribution is -0.125. The molecule has 5 rings (SSSR count). The number of fused-ring (bicyclic) bond motifs is 2. The minimum Gasteiger partial charge on any atom is -0.355 e. The molecule has 1 unspecified atom stereocenters. The first kappa shape index (κ1) is 31.8. The van der Waals surface area contributed by atoms with Gasteiger partial charge in [0.25, 0.3) is 17.7 Å². The van der Waals surface area contributed by atoms with Crippen LogP contribution in [-0.4, -0.2) is 53.4 Å². The van der Waals surface area contributed by atoms with Crippen molar-refractivity contribution < 1.29 is 28.8 Å². The van der Waals surface area contributed by atoms with Gasteiger partial charge in [-0.3, -0.25) is 39.0 Å². The van der Waals surface area contributed by atoms with Crippen LogP contribution >= 0.6 is 0 Å².